The zero-order valence-corrected chi connectivity index (χ0v) is 24.7. The molecule has 2 bridgehead atoms. The Kier molecular flexibility index (Phi) is 7.41. The molecule has 0 aromatic heterocycles. The van der Waals surface area contributed by atoms with Crippen LogP contribution >= 0.6 is 0 Å². The third-order valence-electron chi connectivity index (χ3n) is 9.34. The van der Waals surface area contributed by atoms with E-state index in [1.165, 1.54) is 21.1 Å². The third-order valence-corrected chi connectivity index (χ3v) is 9.34. The highest BCUT2D eigenvalue weighted by atomic mass is 16.5. The molecule has 5 aliphatic rings. The molecule has 0 saturated carbocycles. The highest BCUT2D eigenvalue weighted by Crippen LogP contribution is 2.49. The summed E-state index contributed by atoms with van der Waals surface area (Å²) in [7, 11) is 4.45. The number of methoxy groups -OCH3 is 2. The lowest BCUT2D eigenvalue weighted by molar-refractivity contribution is -0.143. The van der Waals surface area contributed by atoms with Gasteiger partial charge in [-0.25, -0.2) is 4.79 Å². The van der Waals surface area contributed by atoms with E-state index >= 15 is 0 Å². The van der Waals surface area contributed by atoms with Crippen LogP contribution in [0.4, 0.5) is 0 Å². The zero-order valence-electron chi connectivity index (χ0n) is 24.7. The Morgan fingerprint density at radius 2 is 1.45 bits per heavy atom. The number of fused-ring (bicyclic) bond motifs is 5. The molecular formula is C31H33N3O8. The Morgan fingerprint density at radius 3 is 1.98 bits per heavy atom. The first-order chi connectivity index (χ1) is 19.9. The van der Waals surface area contributed by atoms with Gasteiger partial charge in [0.2, 0.25) is 11.6 Å². The molecule has 0 aromatic carbocycles. The van der Waals surface area contributed by atoms with Gasteiger partial charge >= 0.3 is 5.97 Å². The molecule has 3 heterocycles. The number of ketones is 4. The molecule has 1 unspecified atom stereocenters. The zero-order chi connectivity index (χ0) is 30.8. The first-order valence-corrected chi connectivity index (χ1v) is 13.8. The smallest absolute Gasteiger partial charge is 0.333 e. The summed E-state index contributed by atoms with van der Waals surface area (Å²) in [5, 5.41) is 10.5. The fourth-order valence-corrected chi connectivity index (χ4v) is 7.16. The number of rotatable bonds is 5. The van der Waals surface area contributed by atoms with Crippen LogP contribution in [0.5, 0.6) is 0 Å². The maximum absolute atomic E-state index is 13.8. The van der Waals surface area contributed by atoms with Crippen LogP contribution in [-0.2, 0) is 38.2 Å². The van der Waals surface area contributed by atoms with Crippen molar-refractivity contribution in [1.29, 1.82) is 5.26 Å². The van der Waals surface area contributed by atoms with Gasteiger partial charge in [0.25, 0.3) is 0 Å². The Hall–Kier alpha value is -4.14. The number of Topliss-reactive ketones (excluding diaryl/α,β-unsaturated/α-hetero) is 4. The first kappa shape index (κ1) is 29.4. The van der Waals surface area contributed by atoms with E-state index in [0.29, 0.717) is 11.1 Å². The first-order valence-electron chi connectivity index (χ1n) is 13.8. The molecule has 0 amide bonds. The van der Waals surface area contributed by atoms with Gasteiger partial charge in [-0.05, 0) is 47.6 Å². The molecule has 0 N–H and O–H groups in total. The quantitative estimate of drug-likeness (QED) is 0.268. The topological polar surface area (TPSA) is 143 Å². The molecule has 42 heavy (non-hydrogen) atoms. The van der Waals surface area contributed by atoms with E-state index in [1.54, 1.807) is 33.9 Å². The van der Waals surface area contributed by atoms with Crippen molar-refractivity contribution in [1.82, 2.24) is 9.80 Å². The molecule has 0 spiro atoms. The highest BCUT2D eigenvalue weighted by molar-refractivity contribution is 6.26. The van der Waals surface area contributed by atoms with Gasteiger partial charge in [0.05, 0.1) is 32.4 Å². The van der Waals surface area contributed by atoms with E-state index in [9.17, 15) is 29.2 Å². The summed E-state index contributed by atoms with van der Waals surface area (Å²) in [6.45, 7) is 6.05. The van der Waals surface area contributed by atoms with Crippen LogP contribution in [0, 0.1) is 11.3 Å². The molecule has 0 radical (unpaired) electrons. The van der Waals surface area contributed by atoms with Gasteiger partial charge in [0.15, 0.2) is 23.1 Å². The Bertz CT molecular complexity index is 1550. The summed E-state index contributed by atoms with van der Waals surface area (Å²) in [6, 6.07) is -1.35. The Morgan fingerprint density at radius 1 is 0.929 bits per heavy atom. The molecule has 5 atom stereocenters. The predicted molar refractivity (Wildman–Crippen MR) is 147 cm³/mol. The number of carbonyl (C=O) groups is 5. The molecule has 1 fully saturated rings. The van der Waals surface area contributed by atoms with E-state index in [2.05, 4.69) is 6.07 Å². The maximum Gasteiger partial charge on any atom is 0.333 e. The summed E-state index contributed by atoms with van der Waals surface area (Å²) >= 11 is 0. The minimum atomic E-state index is -0.971. The Labute approximate surface area is 243 Å². The highest BCUT2D eigenvalue weighted by Gasteiger charge is 2.60. The molecule has 1 saturated heterocycles. The number of hydrogen-bond donors (Lipinski definition) is 0. The van der Waals surface area contributed by atoms with Gasteiger partial charge in [-0.2, -0.15) is 5.26 Å². The van der Waals surface area contributed by atoms with Crippen molar-refractivity contribution in [2.45, 2.75) is 70.7 Å². The van der Waals surface area contributed by atoms with Crippen LogP contribution in [-0.4, -0.2) is 97.0 Å². The SMILES string of the molecule is C/C=C(/C)C(=O)OC[C@H]1C2=C(CC3[C@H]4C5=C(C[C@@H]([C@H](C#N)N31)N4C)C(=O)C(C)=C(OC)C5=O)C(=O)C(C)=C(OC)C2=O. The molecule has 220 valence electrons. The van der Waals surface area contributed by atoms with Crippen LogP contribution in [0.1, 0.15) is 40.5 Å². The van der Waals surface area contributed by atoms with E-state index in [0.717, 1.165) is 0 Å². The standard InChI is InChI=1S/C31H33N3O8/c1-8-13(2)31(39)42-12-21-22-16(25(35)14(3)29(40-6)27(22)37)10-19-24-23-17(26(36)15(4)30(41-7)28(23)38)9-18(33(24)5)20(11-32)34(19)21/h8,18-21,24H,9-10,12H2,1-7H3/b13-8-/t18-,19?,20-,21-,24-/m0/s1. The number of nitrogens with zero attached hydrogens (tertiary/aromatic N) is 3. The average molecular weight is 576 g/mol. The number of allylic oxidation sites excluding steroid dienone is 5. The van der Waals surface area contributed by atoms with Crippen LogP contribution in [0.15, 0.2) is 56.6 Å². The van der Waals surface area contributed by atoms with Gasteiger partial charge < -0.3 is 14.2 Å². The molecule has 2 aliphatic carbocycles. The number of likely N-dealkylation sites (N-methyl/N-ethyl adjacent to an activating group) is 1. The summed E-state index contributed by atoms with van der Waals surface area (Å²) in [5.74, 6) is -2.32. The van der Waals surface area contributed by atoms with Crippen molar-refractivity contribution in [3.63, 3.8) is 0 Å². The van der Waals surface area contributed by atoms with Gasteiger partial charge in [-0.3, -0.25) is 29.0 Å². The predicted octanol–water partition coefficient (Wildman–Crippen LogP) is 1.65. The van der Waals surface area contributed by atoms with Crippen molar-refractivity contribution >= 4 is 29.1 Å². The van der Waals surface area contributed by atoms with Gasteiger partial charge in [0.1, 0.15) is 12.6 Å². The van der Waals surface area contributed by atoms with Crippen LogP contribution < -0.4 is 0 Å². The number of piperazine rings is 1. The lowest BCUT2D eigenvalue weighted by Gasteiger charge is -2.60. The summed E-state index contributed by atoms with van der Waals surface area (Å²) in [6.07, 6.45) is 1.77. The summed E-state index contributed by atoms with van der Waals surface area (Å²) in [5.41, 5.74) is 1.71. The Balaban J connectivity index is 1.71. The van der Waals surface area contributed by atoms with Crippen LogP contribution in [0.25, 0.3) is 0 Å². The summed E-state index contributed by atoms with van der Waals surface area (Å²) in [4.78, 5) is 71.3. The second kappa shape index (κ2) is 10.6. The monoisotopic (exact) mass is 575 g/mol. The van der Waals surface area contributed by atoms with E-state index < -0.39 is 47.7 Å². The number of nitriles is 1. The van der Waals surface area contributed by atoms with E-state index in [4.69, 9.17) is 14.2 Å². The summed E-state index contributed by atoms with van der Waals surface area (Å²) < 4.78 is 16.4. The lowest BCUT2D eigenvalue weighted by atomic mass is 9.67. The number of carbonyl (C=O) groups excluding carboxylic acids is 5. The van der Waals surface area contributed by atoms with Gasteiger partial charge in [-0.1, -0.05) is 6.08 Å². The van der Waals surface area contributed by atoms with Crippen molar-refractivity contribution < 1.29 is 38.2 Å². The fourth-order valence-electron chi connectivity index (χ4n) is 7.16. The number of ether oxygens (including phenoxy) is 3. The second-order valence-electron chi connectivity index (χ2n) is 11.2. The van der Waals surface area contributed by atoms with Crippen LogP contribution in [0.3, 0.4) is 0 Å². The minimum absolute atomic E-state index is 0.0324. The average Bonchev–Trinajstić information content (AvgIpc) is 2.97. The molecular weight excluding hydrogens is 542 g/mol. The second-order valence-corrected chi connectivity index (χ2v) is 11.2. The van der Waals surface area contributed by atoms with Crippen molar-refractivity contribution in [3.8, 4) is 6.07 Å². The van der Waals surface area contributed by atoms with Crippen LogP contribution in [0.2, 0.25) is 0 Å². The molecule has 5 rings (SSSR count). The van der Waals surface area contributed by atoms with Crippen molar-refractivity contribution in [2.24, 2.45) is 0 Å². The van der Waals surface area contributed by atoms with Crippen molar-refractivity contribution in [2.75, 3.05) is 27.9 Å². The van der Waals surface area contributed by atoms with Crippen molar-refractivity contribution in [3.05, 3.63) is 56.6 Å². The lowest BCUT2D eigenvalue weighted by Crippen LogP contribution is -2.74. The maximum atomic E-state index is 13.8. The van der Waals surface area contributed by atoms with Gasteiger partial charge in [0, 0.05) is 51.1 Å². The number of hydrogen-bond acceptors (Lipinski definition) is 11. The van der Waals surface area contributed by atoms with Gasteiger partial charge in [-0.15, -0.1) is 0 Å². The fraction of sp³-hybridized carbons (Fsp3) is 0.484. The molecule has 3 aliphatic heterocycles. The third kappa shape index (κ3) is 3.96. The molecule has 11 nitrogen and oxygen atoms in total. The molecule has 11 heteroatoms. The minimum Gasteiger partial charge on any atom is -0.492 e. The van der Waals surface area contributed by atoms with E-state index in [1.807, 2.05) is 9.80 Å². The number of esters is 1. The largest absolute Gasteiger partial charge is 0.492 e. The normalized spacial score (nSPS) is 30.2. The molecule has 0 aromatic rings. The van der Waals surface area contributed by atoms with E-state index in [-0.39, 0.29) is 70.4 Å².